The molecular weight excluding hydrogens is 420 g/mol. The van der Waals surface area contributed by atoms with E-state index < -0.39 is 0 Å². The molecule has 0 aromatic heterocycles. The lowest BCUT2D eigenvalue weighted by molar-refractivity contribution is 0.0995. The Kier molecular flexibility index (Phi) is 6.60. The molecule has 0 fully saturated rings. The van der Waals surface area contributed by atoms with Crippen LogP contribution in [0, 0.1) is 0 Å². The Bertz CT molecular complexity index is 1190. The number of ether oxygens (including phenoxy) is 2. The summed E-state index contributed by atoms with van der Waals surface area (Å²) in [6, 6.07) is 16.3. The zero-order valence-electron chi connectivity index (χ0n) is 18.6. The Hall–Kier alpha value is -3.84. The number of aliphatic hydroxyl groups is 1. The van der Waals surface area contributed by atoms with Crippen molar-refractivity contribution in [1.29, 1.82) is 0 Å². The average molecular weight is 447 g/mol. The highest BCUT2D eigenvalue weighted by Crippen LogP contribution is 2.43. The van der Waals surface area contributed by atoms with Crippen LogP contribution >= 0.6 is 0 Å². The standard InChI is InChI=1S/C26H26N2O5/c1-32-23-5-3-4-20(25(23)33-2)18-10-12-21(24-19(18)11-13-22(24)30)28-26(31)16-6-8-17(9-7-16)27-14-15-29/h3-10,12,27,29H,11,13-15H2,1-2H3,(H,28,31). The third-order valence-corrected chi connectivity index (χ3v) is 5.72. The number of ketones is 1. The molecule has 1 aliphatic rings. The highest BCUT2D eigenvalue weighted by Gasteiger charge is 2.28. The van der Waals surface area contributed by atoms with Crippen molar-refractivity contribution in [3.8, 4) is 22.6 Å². The van der Waals surface area contributed by atoms with Crippen LogP contribution < -0.4 is 20.1 Å². The molecule has 0 saturated heterocycles. The van der Waals surface area contributed by atoms with E-state index in [0.717, 1.165) is 22.4 Å². The minimum absolute atomic E-state index is 0.00700. The van der Waals surface area contributed by atoms with Crippen molar-refractivity contribution in [2.24, 2.45) is 0 Å². The molecule has 3 N–H and O–H groups in total. The fourth-order valence-corrected chi connectivity index (χ4v) is 4.18. The maximum Gasteiger partial charge on any atom is 0.255 e. The van der Waals surface area contributed by atoms with E-state index >= 15 is 0 Å². The maximum absolute atomic E-state index is 12.9. The number of benzene rings is 3. The number of methoxy groups -OCH3 is 2. The third-order valence-electron chi connectivity index (χ3n) is 5.72. The van der Waals surface area contributed by atoms with Gasteiger partial charge in [0, 0.05) is 35.3 Å². The second-order valence-electron chi connectivity index (χ2n) is 7.66. The maximum atomic E-state index is 12.9. The van der Waals surface area contributed by atoms with E-state index in [1.54, 1.807) is 44.6 Å². The van der Waals surface area contributed by atoms with Gasteiger partial charge in [0.1, 0.15) is 0 Å². The summed E-state index contributed by atoms with van der Waals surface area (Å²) in [6.45, 7) is 0.462. The highest BCUT2D eigenvalue weighted by atomic mass is 16.5. The monoisotopic (exact) mass is 446 g/mol. The molecule has 1 amide bonds. The molecule has 170 valence electrons. The summed E-state index contributed by atoms with van der Waals surface area (Å²) < 4.78 is 11.0. The largest absolute Gasteiger partial charge is 0.493 e. The van der Waals surface area contributed by atoms with Crippen LogP contribution in [0.5, 0.6) is 11.5 Å². The number of anilines is 2. The van der Waals surface area contributed by atoms with Crippen molar-refractivity contribution in [2.75, 3.05) is 38.0 Å². The van der Waals surface area contributed by atoms with E-state index in [1.165, 1.54) is 0 Å². The van der Waals surface area contributed by atoms with Gasteiger partial charge in [-0.1, -0.05) is 18.2 Å². The quantitative estimate of drug-likeness (QED) is 0.481. The normalized spacial score (nSPS) is 12.3. The van der Waals surface area contributed by atoms with Crippen molar-refractivity contribution in [2.45, 2.75) is 12.8 Å². The number of nitrogens with one attached hydrogen (secondary N) is 2. The molecule has 0 radical (unpaired) electrons. The Morgan fingerprint density at radius 3 is 2.45 bits per heavy atom. The van der Waals surface area contributed by atoms with Crippen LogP contribution in [0.3, 0.4) is 0 Å². The molecule has 0 bridgehead atoms. The van der Waals surface area contributed by atoms with Crippen molar-refractivity contribution >= 4 is 23.1 Å². The van der Waals surface area contributed by atoms with Gasteiger partial charge in [-0.05, 0) is 53.9 Å². The second-order valence-corrected chi connectivity index (χ2v) is 7.66. The van der Waals surface area contributed by atoms with Crippen molar-refractivity contribution in [3.63, 3.8) is 0 Å². The lowest BCUT2D eigenvalue weighted by Gasteiger charge is -2.17. The number of rotatable bonds is 8. The third kappa shape index (κ3) is 4.40. The van der Waals surface area contributed by atoms with Crippen LogP contribution in [0.15, 0.2) is 54.6 Å². The van der Waals surface area contributed by atoms with E-state index in [-0.39, 0.29) is 18.3 Å². The zero-order chi connectivity index (χ0) is 23.4. The molecule has 1 aliphatic carbocycles. The first-order valence-corrected chi connectivity index (χ1v) is 10.7. The lowest BCUT2D eigenvalue weighted by Crippen LogP contribution is -2.14. The van der Waals surface area contributed by atoms with Gasteiger partial charge in [0.2, 0.25) is 0 Å². The van der Waals surface area contributed by atoms with Gasteiger partial charge >= 0.3 is 0 Å². The van der Waals surface area contributed by atoms with Crippen LogP contribution in [-0.2, 0) is 6.42 Å². The Balaban J connectivity index is 1.66. The van der Waals surface area contributed by atoms with E-state index in [4.69, 9.17) is 14.6 Å². The first kappa shape index (κ1) is 22.4. The molecule has 0 heterocycles. The molecule has 0 aliphatic heterocycles. The second kappa shape index (κ2) is 9.75. The van der Waals surface area contributed by atoms with Crippen LogP contribution in [-0.4, -0.2) is 44.2 Å². The van der Waals surface area contributed by atoms with Gasteiger partial charge in [0.05, 0.1) is 26.5 Å². The summed E-state index contributed by atoms with van der Waals surface area (Å²) in [6.07, 6.45) is 0.992. The van der Waals surface area contributed by atoms with Crippen molar-refractivity contribution in [1.82, 2.24) is 0 Å². The minimum atomic E-state index is -0.294. The van der Waals surface area contributed by atoms with Gasteiger partial charge < -0.3 is 25.2 Å². The van der Waals surface area contributed by atoms with E-state index in [2.05, 4.69) is 10.6 Å². The first-order valence-electron chi connectivity index (χ1n) is 10.7. The van der Waals surface area contributed by atoms with E-state index in [1.807, 2.05) is 24.3 Å². The highest BCUT2D eigenvalue weighted by molar-refractivity contribution is 6.12. The minimum Gasteiger partial charge on any atom is -0.493 e. The molecule has 7 nitrogen and oxygen atoms in total. The first-order chi connectivity index (χ1) is 16.1. The molecule has 0 atom stereocenters. The van der Waals surface area contributed by atoms with E-state index in [0.29, 0.717) is 47.7 Å². The number of hydrogen-bond donors (Lipinski definition) is 3. The number of para-hydroxylation sites is 1. The number of hydrogen-bond acceptors (Lipinski definition) is 6. The predicted octanol–water partition coefficient (Wildman–Crippen LogP) is 4.16. The molecule has 3 aromatic carbocycles. The van der Waals surface area contributed by atoms with Crippen molar-refractivity contribution in [3.05, 3.63) is 71.3 Å². The van der Waals surface area contributed by atoms with Gasteiger partial charge in [0.15, 0.2) is 17.3 Å². The fraction of sp³-hybridized carbons (Fsp3) is 0.231. The smallest absolute Gasteiger partial charge is 0.255 e. The summed E-state index contributed by atoms with van der Waals surface area (Å²) in [5.41, 5.74) is 4.97. The molecular formula is C26H26N2O5. The van der Waals surface area contributed by atoms with Gasteiger partial charge in [-0.15, -0.1) is 0 Å². The molecule has 0 unspecified atom stereocenters. The number of carbonyl (C=O) groups is 2. The van der Waals surface area contributed by atoms with Crippen LogP contribution in [0.2, 0.25) is 0 Å². The number of Topliss-reactive ketones (excluding diaryl/α,β-unsaturated/α-hetero) is 1. The van der Waals surface area contributed by atoms with Crippen molar-refractivity contribution < 1.29 is 24.2 Å². The molecule has 33 heavy (non-hydrogen) atoms. The van der Waals surface area contributed by atoms with Crippen LogP contribution in [0.25, 0.3) is 11.1 Å². The molecule has 0 saturated carbocycles. The number of fused-ring (bicyclic) bond motifs is 1. The summed E-state index contributed by atoms with van der Waals surface area (Å²) in [4.78, 5) is 25.6. The summed E-state index contributed by atoms with van der Waals surface area (Å²) in [7, 11) is 3.18. The van der Waals surface area contributed by atoms with E-state index in [9.17, 15) is 9.59 Å². The Morgan fingerprint density at radius 1 is 0.970 bits per heavy atom. The number of carbonyl (C=O) groups excluding carboxylic acids is 2. The lowest BCUT2D eigenvalue weighted by atomic mass is 9.94. The van der Waals surface area contributed by atoms with Gasteiger partial charge in [-0.3, -0.25) is 9.59 Å². The zero-order valence-corrected chi connectivity index (χ0v) is 18.6. The van der Waals surface area contributed by atoms with Gasteiger partial charge in [-0.25, -0.2) is 0 Å². The summed E-state index contributed by atoms with van der Waals surface area (Å²) in [5.74, 6) is 0.931. The molecule has 3 aromatic rings. The molecule has 4 rings (SSSR count). The molecule has 0 spiro atoms. The Labute approximate surface area is 192 Å². The van der Waals surface area contributed by atoms with Crippen LogP contribution in [0.1, 0.15) is 32.7 Å². The van der Waals surface area contributed by atoms with Gasteiger partial charge in [0.25, 0.3) is 5.91 Å². The number of amides is 1. The molecule has 7 heteroatoms. The summed E-state index contributed by atoms with van der Waals surface area (Å²) >= 11 is 0. The van der Waals surface area contributed by atoms with Crippen LogP contribution in [0.4, 0.5) is 11.4 Å². The van der Waals surface area contributed by atoms with Gasteiger partial charge in [-0.2, -0.15) is 0 Å². The summed E-state index contributed by atoms with van der Waals surface area (Å²) in [5, 5.41) is 14.9. The average Bonchev–Trinajstić information content (AvgIpc) is 3.24. The fourth-order valence-electron chi connectivity index (χ4n) is 4.18. The number of aliphatic hydroxyl groups excluding tert-OH is 1. The topological polar surface area (TPSA) is 96.9 Å². The predicted molar refractivity (Wildman–Crippen MR) is 128 cm³/mol. The SMILES string of the molecule is COc1cccc(-c2ccc(NC(=O)c3ccc(NCCO)cc3)c3c2CCC3=O)c1OC. The Morgan fingerprint density at radius 2 is 1.76 bits per heavy atom.